The van der Waals surface area contributed by atoms with Gasteiger partial charge in [0.2, 0.25) is 5.13 Å². The van der Waals surface area contributed by atoms with Gasteiger partial charge in [-0.15, -0.1) is 5.10 Å². The molecular formula is C8H13N3OSU. The second-order valence-corrected chi connectivity index (χ2v) is 3.93. The summed E-state index contributed by atoms with van der Waals surface area (Å²) >= 11 is 1.23. The van der Waals surface area contributed by atoms with Crippen LogP contribution in [0.25, 0.3) is 0 Å². The maximum Gasteiger partial charge on any atom is 2.00 e. The summed E-state index contributed by atoms with van der Waals surface area (Å²) in [5, 5.41) is 8.25. The van der Waals surface area contributed by atoms with Crippen molar-refractivity contribution in [3.8, 4) is 5.19 Å². The van der Waals surface area contributed by atoms with Crippen LogP contribution in [0.5, 0.6) is 5.19 Å². The van der Waals surface area contributed by atoms with Crippen molar-refractivity contribution in [1.82, 2.24) is 10.2 Å². The molecule has 0 aliphatic rings. The Kier molecular flexibility index (Phi) is 6.75. The molecule has 1 aromatic rings. The van der Waals surface area contributed by atoms with Crippen LogP contribution in [-0.2, 0) is 0 Å². The van der Waals surface area contributed by atoms with Crippen LogP contribution in [0.2, 0.25) is 0 Å². The topological polar surface area (TPSA) is 61.0 Å². The molecule has 0 bridgehead atoms. The third kappa shape index (κ3) is 4.63. The van der Waals surface area contributed by atoms with E-state index in [-0.39, 0.29) is 42.9 Å². The zero-order valence-electron chi connectivity index (χ0n) is 8.06. The Hall–Kier alpha value is 0.212. The maximum absolute atomic E-state index is 5.38. The number of nitrogens with two attached hydrogens (primary N) is 1. The van der Waals surface area contributed by atoms with E-state index in [0.29, 0.717) is 16.9 Å². The van der Waals surface area contributed by atoms with Gasteiger partial charge < -0.3 is 24.3 Å². The SMILES string of the molecule is [CH2-]C(C)C([CH2-])COc1nnc(N)s1.[U+2]. The van der Waals surface area contributed by atoms with Crippen LogP contribution >= 0.6 is 11.3 Å². The average molecular weight is 437 g/mol. The first-order valence-electron chi connectivity index (χ1n) is 3.97. The minimum Gasteiger partial charge on any atom is -0.471 e. The summed E-state index contributed by atoms with van der Waals surface area (Å²) in [6.07, 6.45) is 0. The molecule has 1 heterocycles. The van der Waals surface area contributed by atoms with Crippen molar-refractivity contribution in [3.63, 3.8) is 0 Å². The van der Waals surface area contributed by atoms with E-state index in [1.165, 1.54) is 11.3 Å². The van der Waals surface area contributed by atoms with Gasteiger partial charge in [0.1, 0.15) is 0 Å². The fourth-order valence-electron chi connectivity index (χ4n) is 0.621. The number of ether oxygens (including phenoxy) is 1. The number of nitrogen functional groups attached to an aromatic ring is 1. The molecule has 0 amide bonds. The summed E-state index contributed by atoms with van der Waals surface area (Å²) in [6, 6.07) is 0. The Morgan fingerprint density at radius 2 is 2.14 bits per heavy atom. The van der Waals surface area contributed by atoms with E-state index < -0.39 is 0 Å². The molecule has 0 aromatic carbocycles. The molecule has 1 aromatic heterocycles. The van der Waals surface area contributed by atoms with Gasteiger partial charge in [-0.05, 0) is 11.3 Å². The molecule has 76 valence electrons. The van der Waals surface area contributed by atoms with Gasteiger partial charge in [0.25, 0.3) is 5.19 Å². The molecule has 0 spiro atoms. The molecule has 0 aliphatic heterocycles. The Bertz CT molecular complexity index is 267. The van der Waals surface area contributed by atoms with Crippen molar-refractivity contribution >= 4 is 16.5 Å². The monoisotopic (exact) mass is 437 g/mol. The van der Waals surface area contributed by atoms with Crippen molar-refractivity contribution < 1.29 is 35.9 Å². The first-order valence-corrected chi connectivity index (χ1v) is 4.79. The van der Waals surface area contributed by atoms with Crippen LogP contribution in [0.4, 0.5) is 5.13 Å². The summed E-state index contributed by atoms with van der Waals surface area (Å²) in [5.74, 6) is 0.412. The van der Waals surface area contributed by atoms with Crippen LogP contribution in [0.3, 0.4) is 0 Å². The molecule has 6 heteroatoms. The largest absolute Gasteiger partial charge is 2.00 e. The second kappa shape index (κ2) is 6.65. The number of hydrogen-bond acceptors (Lipinski definition) is 5. The predicted molar refractivity (Wildman–Crippen MR) is 53.2 cm³/mol. The third-order valence-corrected chi connectivity index (χ3v) is 2.31. The quantitative estimate of drug-likeness (QED) is 0.725. The van der Waals surface area contributed by atoms with E-state index in [1.807, 2.05) is 6.92 Å². The summed E-state index contributed by atoms with van der Waals surface area (Å²) in [4.78, 5) is 0. The van der Waals surface area contributed by atoms with E-state index in [4.69, 9.17) is 10.5 Å². The zero-order valence-corrected chi connectivity index (χ0v) is 13.0. The van der Waals surface area contributed by atoms with E-state index in [9.17, 15) is 0 Å². The van der Waals surface area contributed by atoms with Crippen LogP contribution < -0.4 is 10.5 Å². The minimum atomic E-state index is 0. The molecule has 2 N–H and O–H groups in total. The van der Waals surface area contributed by atoms with Gasteiger partial charge >= 0.3 is 31.1 Å². The molecule has 2 atom stereocenters. The van der Waals surface area contributed by atoms with Gasteiger partial charge in [0.15, 0.2) is 0 Å². The zero-order chi connectivity index (χ0) is 9.84. The summed E-state index contributed by atoms with van der Waals surface area (Å²) in [5.41, 5.74) is 5.38. The van der Waals surface area contributed by atoms with Crippen LogP contribution in [0.15, 0.2) is 0 Å². The van der Waals surface area contributed by atoms with Crippen molar-refractivity contribution in [2.24, 2.45) is 11.8 Å². The Labute approximate surface area is 112 Å². The smallest absolute Gasteiger partial charge is 0.471 e. The van der Waals surface area contributed by atoms with Crippen molar-refractivity contribution in [1.29, 1.82) is 0 Å². The van der Waals surface area contributed by atoms with Crippen molar-refractivity contribution in [2.45, 2.75) is 6.92 Å². The second-order valence-electron chi connectivity index (χ2n) is 2.95. The normalized spacial score (nSPS) is 14.2. The fourth-order valence-corrected chi connectivity index (χ4v) is 1.09. The van der Waals surface area contributed by atoms with Gasteiger partial charge in [-0.2, -0.15) is 11.8 Å². The first-order chi connectivity index (χ1) is 6.09. The third-order valence-electron chi connectivity index (χ3n) is 1.65. The van der Waals surface area contributed by atoms with Crippen LogP contribution in [-0.4, -0.2) is 16.8 Å². The van der Waals surface area contributed by atoms with Gasteiger partial charge in [-0.25, -0.2) is 0 Å². The number of rotatable bonds is 4. The molecule has 0 saturated heterocycles. The minimum absolute atomic E-state index is 0. The molecule has 0 saturated carbocycles. The van der Waals surface area contributed by atoms with E-state index in [2.05, 4.69) is 24.0 Å². The summed E-state index contributed by atoms with van der Waals surface area (Å²) in [6.45, 7) is 10.2. The molecule has 0 fully saturated rings. The fraction of sp³-hybridized carbons (Fsp3) is 0.500. The van der Waals surface area contributed by atoms with E-state index in [1.54, 1.807) is 0 Å². The van der Waals surface area contributed by atoms with Crippen LogP contribution in [0, 0.1) is 56.8 Å². The Morgan fingerprint density at radius 1 is 1.50 bits per heavy atom. The van der Waals surface area contributed by atoms with Gasteiger partial charge in [-0.3, -0.25) is 0 Å². The van der Waals surface area contributed by atoms with E-state index in [0.717, 1.165) is 0 Å². The van der Waals surface area contributed by atoms with Crippen LogP contribution in [0.1, 0.15) is 6.92 Å². The van der Waals surface area contributed by atoms with Gasteiger partial charge in [0.05, 0.1) is 6.61 Å². The molecule has 0 radical (unpaired) electrons. The Morgan fingerprint density at radius 3 is 2.57 bits per heavy atom. The van der Waals surface area contributed by atoms with Crippen molar-refractivity contribution in [3.05, 3.63) is 13.8 Å². The number of nitrogens with zero attached hydrogens (tertiary/aromatic N) is 2. The predicted octanol–water partition coefficient (Wildman–Crippen LogP) is 1.42. The molecular weight excluding hydrogens is 424 g/mol. The Balaban J connectivity index is 0.00000169. The molecule has 14 heavy (non-hydrogen) atoms. The van der Waals surface area contributed by atoms with E-state index >= 15 is 0 Å². The number of aromatic nitrogens is 2. The summed E-state index contributed by atoms with van der Waals surface area (Å²) in [7, 11) is 0. The average Bonchev–Trinajstić information content (AvgIpc) is 2.47. The van der Waals surface area contributed by atoms with Gasteiger partial charge in [0, 0.05) is 0 Å². The van der Waals surface area contributed by atoms with Gasteiger partial charge in [-0.1, -0.05) is 12.0 Å². The molecule has 4 nitrogen and oxygen atoms in total. The molecule has 0 aliphatic carbocycles. The molecule has 2 unspecified atom stereocenters. The standard InChI is InChI=1S/C8H13N3OS.U/c1-5(2)6(3)4-12-8-11-10-7(9)13-8;/h5-6H,1,3-4H2,2H3,(H2,9,10);/q-2;+2. The number of anilines is 1. The van der Waals surface area contributed by atoms with Crippen molar-refractivity contribution in [2.75, 3.05) is 12.3 Å². The first kappa shape index (κ1) is 14.2. The number of hydrogen-bond donors (Lipinski definition) is 1. The maximum atomic E-state index is 5.38. The summed E-state index contributed by atoms with van der Waals surface area (Å²) < 4.78 is 5.31. The molecule has 1 rings (SSSR count).